The SMILES string of the molecule is C=C1C(=O)OC[C@H]2[C@@H]1CC[C@@H]2C. The molecule has 12 heavy (non-hydrogen) atoms. The van der Waals surface area contributed by atoms with Crippen LogP contribution in [-0.2, 0) is 9.53 Å². The molecule has 0 aromatic carbocycles. The molecule has 3 atom stereocenters. The highest BCUT2D eigenvalue weighted by Gasteiger charge is 2.41. The van der Waals surface area contributed by atoms with Crippen LogP contribution in [0, 0.1) is 17.8 Å². The van der Waals surface area contributed by atoms with Crippen molar-refractivity contribution in [1.29, 1.82) is 0 Å². The van der Waals surface area contributed by atoms with Gasteiger partial charge in [0.15, 0.2) is 0 Å². The molecule has 2 fully saturated rings. The number of hydrogen-bond donors (Lipinski definition) is 0. The molecule has 0 aromatic rings. The average Bonchev–Trinajstić information content (AvgIpc) is 2.41. The van der Waals surface area contributed by atoms with Crippen LogP contribution in [0.4, 0.5) is 0 Å². The number of cyclic esters (lactones) is 1. The van der Waals surface area contributed by atoms with Gasteiger partial charge in [-0.2, -0.15) is 0 Å². The minimum Gasteiger partial charge on any atom is -0.462 e. The maximum Gasteiger partial charge on any atom is 0.333 e. The monoisotopic (exact) mass is 166 g/mol. The summed E-state index contributed by atoms with van der Waals surface area (Å²) >= 11 is 0. The maximum atomic E-state index is 11.1. The van der Waals surface area contributed by atoms with E-state index in [4.69, 9.17) is 4.74 Å². The van der Waals surface area contributed by atoms with E-state index in [9.17, 15) is 4.79 Å². The van der Waals surface area contributed by atoms with E-state index in [1.165, 1.54) is 6.42 Å². The summed E-state index contributed by atoms with van der Waals surface area (Å²) in [6.45, 7) is 6.65. The fourth-order valence-corrected chi connectivity index (χ4v) is 2.40. The highest BCUT2D eigenvalue weighted by Crippen LogP contribution is 2.43. The molecule has 2 nitrogen and oxygen atoms in total. The minimum absolute atomic E-state index is 0.176. The fourth-order valence-electron chi connectivity index (χ4n) is 2.40. The number of hydrogen-bond acceptors (Lipinski definition) is 2. The molecule has 1 saturated heterocycles. The second-order valence-electron chi connectivity index (χ2n) is 3.95. The van der Waals surface area contributed by atoms with Crippen molar-refractivity contribution in [2.24, 2.45) is 17.8 Å². The van der Waals surface area contributed by atoms with Crippen molar-refractivity contribution in [2.45, 2.75) is 19.8 Å². The molecule has 2 aliphatic rings. The Hall–Kier alpha value is -0.790. The smallest absolute Gasteiger partial charge is 0.333 e. The number of rotatable bonds is 0. The Bertz CT molecular complexity index is 232. The summed E-state index contributed by atoms with van der Waals surface area (Å²) in [7, 11) is 0. The molecule has 1 heterocycles. The first kappa shape index (κ1) is 7.84. The van der Waals surface area contributed by atoms with E-state index in [1.54, 1.807) is 0 Å². The van der Waals surface area contributed by atoms with Gasteiger partial charge in [0.25, 0.3) is 0 Å². The maximum absolute atomic E-state index is 11.1. The molecule has 0 aromatic heterocycles. The van der Waals surface area contributed by atoms with Crippen LogP contribution in [0.5, 0.6) is 0 Å². The van der Waals surface area contributed by atoms with Crippen LogP contribution < -0.4 is 0 Å². The van der Waals surface area contributed by atoms with Crippen LogP contribution in [0.15, 0.2) is 12.2 Å². The van der Waals surface area contributed by atoms with Crippen molar-refractivity contribution in [1.82, 2.24) is 0 Å². The summed E-state index contributed by atoms with van der Waals surface area (Å²) < 4.78 is 5.04. The zero-order valence-electron chi connectivity index (χ0n) is 7.38. The molecule has 0 unspecified atom stereocenters. The molecule has 1 saturated carbocycles. The lowest BCUT2D eigenvalue weighted by atomic mass is 9.85. The van der Waals surface area contributed by atoms with Gasteiger partial charge in [-0.3, -0.25) is 0 Å². The van der Waals surface area contributed by atoms with Gasteiger partial charge >= 0.3 is 5.97 Å². The van der Waals surface area contributed by atoms with Gasteiger partial charge in [-0.15, -0.1) is 0 Å². The van der Waals surface area contributed by atoms with Crippen LogP contribution >= 0.6 is 0 Å². The first-order valence-corrected chi connectivity index (χ1v) is 4.56. The third-order valence-corrected chi connectivity index (χ3v) is 3.30. The zero-order valence-corrected chi connectivity index (χ0v) is 7.38. The van der Waals surface area contributed by atoms with Gasteiger partial charge < -0.3 is 4.74 Å². The molecule has 2 heteroatoms. The molecule has 0 bridgehead atoms. The Morgan fingerprint density at radius 1 is 1.50 bits per heavy atom. The minimum atomic E-state index is -0.176. The summed E-state index contributed by atoms with van der Waals surface area (Å²) in [5.41, 5.74) is 0.704. The first-order valence-electron chi connectivity index (χ1n) is 4.56. The molecule has 0 radical (unpaired) electrons. The molecule has 1 aliphatic carbocycles. The second-order valence-corrected chi connectivity index (χ2v) is 3.95. The van der Waals surface area contributed by atoms with Crippen molar-refractivity contribution in [2.75, 3.05) is 6.61 Å². The highest BCUT2D eigenvalue weighted by atomic mass is 16.5. The summed E-state index contributed by atoms with van der Waals surface area (Å²) in [4.78, 5) is 11.1. The largest absolute Gasteiger partial charge is 0.462 e. The van der Waals surface area contributed by atoms with Crippen LogP contribution in [0.2, 0.25) is 0 Å². The average molecular weight is 166 g/mol. The highest BCUT2D eigenvalue weighted by molar-refractivity contribution is 5.89. The standard InChI is InChI=1S/C10H14O2/c1-6-3-4-8-7(2)10(11)12-5-9(6)8/h6,8-9H,2-5H2,1H3/t6-,8+,9+/m0/s1. The number of carbonyl (C=O) groups excluding carboxylic acids is 1. The number of esters is 1. The second kappa shape index (κ2) is 2.61. The Morgan fingerprint density at radius 2 is 2.25 bits per heavy atom. The van der Waals surface area contributed by atoms with Crippen molar-refractivity contribution in [3.8, 4) is 0 Å². The fraction of sp³-hybridized carbons (Fsp3) is 0.700. The molecule has 1 aliphatic heterocycles. The normalized spacial score (nSPS) is 40.9. The van der Waals surface area contributed by atoms with Crippen LogP contribution in [0.1, 0.15) is 19.8 Å². The van der Waals surface area contributed by atoms with Gasteiger partial charge in [0.2, 0.25) is 0 Å². The van der Waals surface area contributed by atoms with Gasteiger partial charge in [0.05, 0.1) is 6.61 Å². The zero-order chi connectivity index (χ0) is 8.72. The molecule has 0 N–H and O–H groups in total. The van der Waals surface area contributed by atoms with Gasteiger partial charge in [-0.25, -0.2) is 4.79 Å². The van der Waals surface area contributed by atoms with E-state index < -0.39 is 0 Å². The lowest BCUT2D eigenvalue weighted by Crippen LogP contribution is -2.31. The lowest BCUT2D eigenvalue weighted by molar-refractivity contribution is -0.145. The summed E-state index contributed by atoms with van der Waals surface area (Å²) in [6.07, 6.45) is 2.34. The van der Waals surface area contributed by atoms with Gasteiger partial charge in [-0.1, -0.05) is 13.5 Å². The number of carbonyl (C=O) groups is 1. The van der Waals surface area contributed by atoms with E-state index in [1.807, 2.05) is 0 Å². The van der Waals surface area contributed by atoms with E-state index >= 15 is 0 Å². The Balaban J connectivity index is 2.19. The van der Waals surface area contributed by atoms with Gasteiger partial charge in [0.1, 0.15) is 0 Å². The van der Waals surface area contributed by atoms with E-state index in [0.717, 1.165) is 6.42 Å². The topological polar surface area (TPSA) is 26.3 Å². The third kappa shape index (κ3) is 0.977. The number of fused-ring (bicyclic) bond motifs is 1. The molecule has 0 spiro atoms. The molecular weight excluding hydrogens is 152 g/mol. The number of ether oxygens (including phenoxy) is 1. The predicted octanol–water partition coefficient (Wildman–Crippen LogP) is 1.76. The van der Waals surface area contributed by atoms with E-state index in [0.29, 0.717) is 29.9 Å². The van der Waals surface area contributed by atoms with Crippen LogP contribution in [-0.4, -0.2) is 12.6 Å². The van der Waals surface area contributed by atoms with Crippen molar-refractivity contribution in [3.05, 3.63) is 12.2 Å². The quantitative estimate of drug-likeness (QED) is 0.405. The Kier molecular flexibility index (Phi) is 1.71. The van der Waals surface area contributed by atoms with Crippen molar-refractivity contribution in [3.63, 3.8) is 0 Å². The van der Waals surface area contributed by atoms with E-state index in [2.05, 4.69) is 13.5 Å². The van der Waals surface area contributed by atoms with Gasteiger partial charge in [0, 0.05) is 11.5 Å². The lowest BCUT2D eigenvalue weighted by Gasteiger charge is -2.28. The van der Waals surface area contributed by atoms with E-state index in [-0.39, 0.29) is 5.97 Å². The summed E-state index contributed by atoms with van der Waals surface area (Å²) in [5, 5.41) is 0. The van der Waals surface area contributed by atoms with Crippen molar-refractivity contribution < 1.29 is 9.53 Å². The molecular formula is C10H14O2. The van der Waals surface area contributed by atoms with Crippen molar-refractivity contribution >= 4 is 5.97 Å². The molecule has 2 rings (SSSR count). The molecule has 66 valence electrons. The van der Waals surface area contributed by atoms with Crippen LogP contribution in [0.3, 0.4) is 0 Å². The molecule has 0 amide bonds. The Labute approximate surface area is 72.6 Å². The summed E-state index contributed by atoms with van der Waals surface area (Å²) in [6, 6.07) is 0. The third-order valence-electron chi connectivity index (χ3n) is 3.30. The Morgan fingerprint density at radius 3 is 3.00 bits per heavy atom. The predicted molar refractivity (Wildman–Crippen MR) is 45.5 cm³/mol. The first-order chi connectivity index (χ1) is 5.70. The summed E-state index contributed by atoms with van der Waals surface area (Å²) in [5.74, 6) is 1.49. The van der Waals surface area contributed by atoms with Gasteiger partial charge in [-0.05, 0) is 24.7 Å². The van der Waals surface area contributed by atoms with Crippen LogP contribution in [0.25, 0.3) is 0 Å².